The number of amidine groups is 1. The minimum absolute atomic E-state index is 0.0871. The maximum Gasteiger partial charge on any atom is 0.471 e. The molecule has 0 aliphatic carbocycles. The van der Waals surface area contributed by atoms with Crippen LogP contribution in [0.2, 0.25) is 0 Å². The largest absolute Gasteiger partial charge is 0.471 e. The van der Waals surface area contributed by atoms with Crippen LogP contribution in [0.5, 0.6) is 0 Å². The molecule has 0 saturated carbocycles. The van der Waals surface area contributed by atoms with Crippen LogP contribution in [0.25, 0.3) is 0 Å². The number of rotatable bonds is 6. The van der Waals surface area contributed by atoms with E-state index < -0.39 is 29.9 Å². The topological polar surface area (TPSA) is 116 Å². The molecule has 198 valence electrons. The van der Waals surface area contributed by atoms with Gasteiger partial charge in [-0.2, -0.15) is 18.3 Å². The number of carbonyl (C=O) groups is 2. The van der Waals surface area contributed by atoms with E-state index >= 15 is 0 Å². The summed E-state index contributed by atoms with van der Waals surface area (Å²) in [5.74, 6) is -2.48. The van der Waals surface area contributed by atoms with E-state index in [0.29, 0.717) is 15.7 Å². The lowest BCUT2D eigenvalue weighted by Gasteiger charge is -2.36. The fourth-order valence-electron chi connectivity index (χ4n) is 4.07. The number of alkyl halides is 3. The molecule has 0 radical (unpaired) electrons. The van der Waals surface area contributed by atoms with Gasteiger partial charge in [-0.15, -0.1) is 0 Å². The molecule has 1 aromatic carbocycles. The first-order chi connectivity index (χ1) is 17.6. The predicted octanol–water partition coefficient (Wildman–Crippen LogP) is 2.32. The van der Waals surface area contributed by atoms with Gasteiger partial charge in [-0.1, -0.05) is 22.0 Å². The lowest BCUT2D eigenvalue weighted by Crippen LogP contribution is -2.53. The van der Waals surface area contributed by atoms with Crippen molar-refractivity contribution in [3.8, 4) is 0 Å². The Kier molecular flexibility index (Phi) is 7.92. The molecule has 2 aliphatic heterocycles. The number of aromatic amines is 1. The molecule has 0 bridgehead atoms. The van der Waals surface area contributed by atoms with E-state index in [2.05, 4.69) is 41.4 Å². The number of amides is 1. The van der Waals surface area contributed by atoms with Crippen molar-refractivity contribution in [3.05, 3.63) is 57.5 Å². The van der Waals surface area contributed by atoms with Crippen molar-refractivity contribution in [2.24, 2.45) is 4.99 Å². The number of esters is 1. The van der Waals surface area contributed by atoms with Crippen LogP contribution in [-0.4, -0.2) is 88.2 Å². The van der Waals surface area contributed by atoms with Gasteiger partial charge in [-0.3, -0.25) is 19.8 Å². The highest BCUT2D eigenvalue weighted by Gasteiger charge is 2.43. The molecule has 1 unspecified atom stereocenters. The van der Waals surface area contributed by atoms with Gasteiger partial charge in [0.2, 0.25) is 0 Å². The second-order valence-corrected chi connectivity index (χ2v) is 9.04. The zero-order valence-corrected chi connectivity index (χ0v) is 21.1. The number of aromatic nitrogens is 3. The van der Waals surface area contributed by atoms with E-state index in [1.54, 1.807) is 6.92 Å². The van der Waals surface area contributed by atoms with Crippen molar-refractivity contribution in [1.82, 2.24) is 30.3 Å². The molecule has 1 saturated heterocycles. The first kappa shape index (κ1) is 26.7. The summed E-state index contributed by atoms with van der Waals surface area (Å²) in [6, 6.07) is 3.07. The van der Waals surface area contributed by atoms with E-state index in [1.807, 2.05) is 4.90 Å². The first-order valence-electron chi connectivity index (χ1n) is 11.2. The average molecular weight is 588 g/mol. The summed E-state index contributed by atoms with van der Waals surface area (Å²) in [5, 5.41) is 9.61. The molecule has 4 rings (SSSR count). The first-order valence-corrected chi connectivity index (χ1v) is 12.0. The molecular weight excluding hydrogens is 566 g/mol. The van der Waals surface area contributed by atoms with E-state index in [0.717, 1.165) is 4.90 Å². The Morgan fingerprint density at radius 3 is 2.54 bits per heavy atom. The number of H-pyrrole nitrogens is 1. The Bertz CT molecular complexity index is 1230. The second kappa shape index (κ2) is 11.0. The maximum atomic E-state index is 13.8. The minimum atomic E-state index is -4.94. The number of piperazine rings is 1. The molecular formula is C22H22BrF4N7O3. The van der Waals surface area contributed by atoms with E-state index in [1.165, 1.54) is 24.5 Å². The number of nitrogens with one attached hydrogen (secondary N) is 2. The van der Waals surface area contributed by atoms with Gasteiger partial charge in [0.25, 0.3) is 0 Å². The summed E-state index contributed by atoms with van der Waals surface area (Å²) >= 11 is 3.34. The molecule has 3 heterocycles. The highest BCUT2D eigenvalue weighted by molar-refractivity contribution is 9.10. The van der Waals surface area contributed by atoms with Gasteiger partial charge in [-0.25, -0.2) is 14.2 Å². The summed E-state index contributed by atoms with van der Waals surface area (Å²) in [5.41, 5.74) is 1.03. The molecule has 0 spiro atoms. The highest BCUT2D eigenvalue weighted by atomic mass is 79.9. The molecule has 2 N–H and O–H groups in total. The summed E-state index contributed by atoms with van der Waals surface area (Å²) in [6.07, 6.45) is -3.66. The van der Waals surface area contributed by atoms with Crippen LogP contribution in [0.1, 0.15) is 24.4 Å². The molecule has 1 atom stereocenters. The van der Waals surface area contributed by atoms with Crippen LogP contribution in [0.15, 0.2) is 45.3 Å². The third-order valence-corrected chi connectivity index (χ3v) is 6.49. The number of hydrogen-bond acceptors (Lipinski definition) is 8. The number of nitrogens with zero attached hydrogens (tertiary/aromatic N) is 5. The zero-order chi connectivity index (χ0) is 26.7. The van der Waals surface area contributed by atoms with Gasteiger partial charge in [-0.05, 0) is 24.6 Å². The molecule has 2 aliphatic rings. The summed E-state index contributed by atoms with van der Waals surface area (Å²) in [4.78, 5) is 36.1. The standard InChI is InChI=1S/C22H22BrF4N7O3/c1-2-37-20(35)16-15(10-33-5-7-34(8-6-33)21(36)22(25,26)27)30-19(18-28-11-29-32-18)31-17(16)13-4-3-12(24)9-14(13)23/h3-4,9,11,17H,2,5-8,10H2,1H3,(H,30,31)(H,28,29,32). The average Bonchev–Trinajstić information content (AvgIpc) is 3.38. The molecule has 2 aromatic rings. The number of ether oxygens (including phenoxy) is 1. The second-order valence-electron chi connectivity index (χ2n) is 8.18. The minimum Gasteiger partial charge on any atom is -0.463 e. The van der Waals surface area contributed by atoms with Gasteiger partial charge in [0.1, 0.15) is 18.2 Å². The Hall–Kier alpha value is -3.33. The quantitative estimate of drug-likeness (QED) is 0.393. The monoisotopic (exact) mass is 587 g/mol. The van der Waals surface area contributed by atoms with Crippen molar-refractivity contribution in [1.29, 1.82) is 0 Å². The smallest absolute Gasteiger partial charge is 0.463 e. The van der Waals surface area contributed by atoms with Crippen molar-refractivity contribution in [3.63, 3.8) is 0 Å². The van der Waals surface area contributed by atoms with Crippen LogP contribution in [0.3, 0.4) is 0 Å². The van der Waals surface area contributed by atoms with E-state index in [4.69, 9.17) is 4.74 Å². The van der Waals surface area contributed by atoms with Crippen LogP contribution in [0.4, 0.5) is 17.6 Å². The molecule has 10 nitrogen and oxygen atoms in total. The van der Waals surface area contributed by atoms with Crippen molar-refractivity contribution >= 4 is 33.6 Å². The molecule has 15 heteroatoms. The fraction of sp³-hybridized carbons (Fsp3) is 0.409. The fourth-order valence-corrected chi connectivity index (χ4v) is 4.64. The van der Waals surface area contributed by atoms with Crippen molar-refractivity contribution in [2.45, 2.75) is 19.1 Å². The predicted molar refractivity (Wildman–Crippen MR) is 126 cm³/mol. The van der Waals surface area contributed by atoms with Gasteiger partial charge in [0.05, 0.1) is 12.2 Å². The van der Waals surface area contributed by atoms with E-state index in [9.17, 15) is 27.2 Å². The number of halogens is 5. The Morgan fingerprint density at radius 1 is 1.22 bits per heavy atom. The lowest BCUT2D eigenvalue weighted by molar-refractivity contribution is -0.186. The van der Waals surface area contributed by atoms with Crippen LogP contribution in [0, 0.1) is 5.82 Å². The maximum absolute atomic E-state index is 13.8. The normalized spacial score (nSPS) is 18.9. The molecule has 1 amide bonds. The lowest BCUT2D eigenvalue weighted by atomic mass is 9.95. The number of carbonyl (C=O) groups excluding carboxylic acids is 2. The highest BCUT2D eigenvalue weighted by Crippen LogP contribution is 2.36. The SMILES string of the molecule is CCOC(=O)C1=C(CN2CCN(C(=O)C(F)(F)F)CC2)NC(c2ncn[nH]2)=NC1c1ccc(F)cc1Br. The number of hydrogen-bond donors (Lipinski definition) is 2. The summed E-state index contributed by atoms with van der Waals surface area (Å²) in [6.45, 7) is 1.88. The molecule has 1 fully saturated rings. The Morgan fingerprint density at radius 2 is 1.95 bits per heavy atom. The molecule has 37 heavy (non-hydrogen) atoms. The third-order valence-electron chi connectivity index (χ3n) is 5.80. The third kappa shape index (κ3) is 5.98. The van der Waals surface area contributed by atoms with Crippen LogP contribution < -0.4 is 5.32 Å². The number of aliphatic imine (C=N–C) groups is 1. The van der Waals surface area contributed by atoms with Gasteiger partial charge in [0, 0.05) is 42.9 Å². The summed E-state index contributed by atoms with van der Waals surface area (Å²) < 4.78 is 58.0. The van der Waals surface area contributed by atoms with Crippen molar-refractivity contribution in [2.75, 3.05) is 39.3 Å². The number of benzene rings is 1. The van der Waals surface area contributed by atoms with E-state index in [-0.39, 0.29) is 56.6 Å². The van der Waals surface area contributed by atoms with Gasteiger partial charge in [0.15, 0.2) is 11.7 Å². The molecule has 1 aromatic heterocycles. The van der Waals surface area contributed by atoms with Gasteiger partial charge >= 0.3 is 18.1 Å². The van der Waals surface area contributed by atoms with Crippen LogP contribution >= 0.6 is 15.9 Å². The summed E-state index contributed by atoms with van der Waals surface area (Å²) in [7, 11) is 0. The van der Waals surface area contributed by atoms with Crippen LogP contribution in [-0.2, 0) is 14.3 Å². The Balaban J connectivity index is 1.68. The van der Waals surface area contributed by atoms with Gasteiger partial charge < -0.3 is 15.0 Å². The van der Waals surface area contributed by atoms with Crippen molar-refractivity contribution < 1.29 is 31.9 Å². The zero-order valence-electron chi connectivity index (χ0n) is 19.5. The Labute approximate surface area is 216 Å².